The van der Waals surface area contributed by atoms with Gasteiger partial charge in [-0.3, -0.25) is 9.59 Å². The first-order chi connectivity index (χ1) is 14.1. The Morgan fingerprint density at radius 1 is 1.17 bits per heavy atom. The van der Waals surface area contributed by atoms with Gasteiger partial charge < -0.3 is 14.3 Å². The monoisotopic (exact) mass is 438 g/mol. The predicted octanol–water partition coefficient (Wildman–Crippen LogP) is 5.37. The number of rotatable bonds is 4. The van der Waals surface area contributed by atoms with Gasteiger partial charge in [0.1, 0.15) is 17.6 Å². The highest BCUT2D eigenvalue weighted by Crippen LogP contribution is 2.40. The number of alkyl halides is 3. The van der Waals surface area contributed by atoms with Crippen LogP contribution < -0.4 is 10.2 Å². The van der Waals surface area contributed by atoms with E-state index in [4.69, 9.17) is 25.9 Å². The van der Waals surface area contributed by atoms with Crippen molar-refractivity contribution >= 4 is 28.5 Å². The summed E-state index contributed by atoms with van der Waals surface area (Å²) in [6.07, 6.45) is -4.80. The van der Waals surface area contributed by atoms with Crippen molar-refractivity contribution in [3.63, 3.8) is 0 Å². The van der Waals surface area contributed by atoms with Gasteiger partial charge in [-0.2, -0.15) is 13.2 Å². The summed E-state index contributed by atoms with van der Waals surface area (Å²) < 4.78 is 51.0. The van der Waals surface area contributed by atoms with Crippen molar-refractivity contribution in [3.8, 4) is 17.1 Å². The van der Waals surface area contributed by atoms with Crippen molar-refractivity contribution in [2.24, 2.45) is 5.92 Å². The minimum absolute atomic E-state index is 0.00145. The zero-order valence-electron chi connectivity index (χ0n) is 15.2. The molecule has 1 aromatic heterocycles. The fraction of sp³-hybridized carbons (Fsp3) is 0.238. The summed E-state index contributed by atoms with van der Waals surface area (Å²) in [6, 6.07) is 8.65. The average Bonchev–Trinajstić information content (AvgIpc) is 2.64. The molecule has 3 aromatic rings. The fourth-order valence-electron chi connectivity index (χ4n) is 3.32. The van der Waals surface area contributed by atoms with Gasteiger partial charge in [-0.15, -0.1) is 0 Å². The van der Waals surface area contributed by atoms with E-state index in [-0.39, 0.29) is 45.9 Å². The molecule has 0 saturated heterocycles. The lowest BCUT2D eigenvalue weighted by Gasteiger charge is -2.33. The van der Waals surface area contributed by atoms with Gasteiger partial charge in [0.2, 0.25) is 0 Å². The molecule has 0 atom stereocenters. The van der Waals surface area contributed by atoms with Crippen LogP contribution in [-0.2, 0) is 11.0 Å². The summed E-state index contributed by atoms with van der Waals surface area (Å²) >= 11 is 6.11. The van der Waals surface area contributed by atoms with Crippen molar-refractivity contribution in [1.29, 1.82) is 0 Å². The Hall–Kier alpha value is -3.00. The first kappa shape index (κ1) is 20.3. The van der Waals surface area contributed by atoms with Gasteiger partial charge in [-0.1, -0.05) is 17.7 Å². The van der Waals surface area contributed by atoms with Crippen molar-refractivity contribution in [1.82, 2.24) is 0 Å². The van der Waals surface area contributed by atoms with Gasteiger partial charge in [-0.25, -0.2) is 0 Å². The number of benzene rings is 2. The molecular formula is C21H14ClF3O5. The third-order valence-corrected chi connectivity index (χ3v) is 5.32. The molecule has 2 aromatic carbocycles. The van der Waals surface area contributed by atoms with Crippen molar-refractivity contribution < 1.29 is 32.2 Å². The molecule has 1 aliphatic rings. The molecular weight excluding hydrogens is 425 g/mol. The van der Waals surface area contributed by atoms with Gasteiger partial charge in [0.05, 0.1) is 27.5 Å². The fourth-order valence-corrected chi connectivity index (χ4v) is 3.53. The standard InChI is InChI=1S/C21H14ClF3O5/c22-15-3-1-2-13-16(26)9-18(30-19(13)15)14-5-4-11(21(23,24)25)8-17(14)29-12-6-10(7-12)20(27)28/h1-5,8-10,12H,6-7H2,(H,27,28). The van der Waals surface area contributed by atoms with Crippen LogP contribution >= 0.6 is 11.6 Å². The number of para-hydroxylation sites is 1. The minimum Gasteiger partial charge on any atom is -0.490 e. The lowest BCUT2D eigenvalue weighted by atomic mass is 9.82. The maximum absolute atomic E-state index is 13.2. The van der Waals surface area contributed by atoms with E-state index < -0.39 is 35.2 Å². The predicted molar refractivity (Wildman–Crippen MR) is 103 cm³/mol. The molecule has 30 heavy (non-hydrogen) atoms. The molecule has 0 radical (unpaired) electrons. The van der Waals surface area contributed by atoms with E-state index >= 15 is 0 Å². The Morgan fingerprint density at radius 3 is 2.57 bits per heavy atom. The molecule has 9 heteroatoms. The number of carboxylic acids is 1. The van der Waals surface area contributed by atoms with Crippen molar-refractivity contribution in [2.45, 2.75) is 25.1 Å². The average molecular weight is 439 g/mol. The highest BCUT2D eigenvalue weighted by molar-refractivity contribution is 6.34. The highest BCUT2D eigenvalue weighted by Gasteiger charge is 2.37. The zero-order valence-corrected chi connectivity index (χ0v) is 16.0. The summed E-state index contributed by atoms with van der Waals surface area (Å²) in [7, 11) is 0. The number of carboxylic acid groups (broad SMARTS) is 1. The molecule has 0 bridgehead atoms. The molecule has 156 valence electrons. The quantitative estimate of drug-likeness (QED) is 0.592. The van der Waals surface area contributed by atoms with Crippen LogP contribution in [0.5, 0.6) is 5.75 Å². The van der Waals surface area contributed by atoms with Crippen LogP contribution in [-0.4, -0.2) is 17.2 Å². The first-order valence-electron chi connectivity index (χ1n) is 8.97. The Bertz CT molecular complexity index is 1200. The number of halogens is 4. The van der Waals surface area contributed by atoms with E-state index in [1.165, 1.54) is 12.1 Å². The maximum atomic E-state index is 13.2. The van der Waals surface area contributed by atoms with Crippen molar-refractivity contribution in [2.75, 3.05) is 0 Å². The molecule has 4 rings (SSSR count). The summed E-state index contributed by atoms with van der Waals surface area (Å²) in [6.45, 7) is 0. The topological polar surface area (TPSA) is 76.7 Å². The maximum Gasteiger partial charge on any atom is 0.416 e. The molecule has 1 heterocycles. The first-order valence-corrected chi connectivity index (χ1v) is 9.34. The Labute approximate surface area is 172 Å². The Morgan fingerprint density at radius 2 is 1.90 bits per heavy atom. The molecule has 0 unspecified atom stereocenters. The number of hydrogen-bond acceptors (Lipinski definition) is 4. The molecule has 5 nitrogen and oxygen atoms in total. The molecule has 1 saturated carbocycles. The van der Waals surface area contributed by atoms with E-state index in [2.05, 4.69) is 0 Å². The van der Waals surface area contributed by atoms with Gasteiger partial charge in [-0.05, 0) is 43.2 Å². The largest absolute Gasteiger partial charge is 0.490 e. The van der Waals surface area contributed by atoms with Crippen LogP contribution in [0.1, 0.15) is 18.4 Å². The molecule has 0 amide bonds. The third-order valence-electron chi connectivity index (χ3n) is 5.02. The van der Waals surface area contributed by atoms with Crippen LogP contribution in [0.4, 0.5) is 13.2 Å². The van der Waals surface area contributed by atoms with E-state index in [0.29, 0.717) is 0 Å². The van der Waals surface area contributed by atoms with E-state index in [1.807, 2.05) is 0 Å². The molecule has 1 fully saturated rings. The van der Waals surface area contributed by atoms with Crippen molar-refractivity contribution in [3.05, 3.63) is 63.3 Å². The van der Waals surface area contributed by atoms with Crippen LogP contribution in [0.25, 0.3) is 22.3 Å². The van der Waals surface area contributed by atoms with Crippen LogP contribution in [0, 0.1) is 5.92 Å². The van der Waals surface area contributed by atoms with Crippen LogP contribution in [0.2, 0.25) is 5.02 Å². The molecule has 0 spiro atoms. The third kappa shape index (κ3) is 3.75. The second-order valence-electron chi connectivity index (χ2n) is 7.05. The zero-order chi connectivity index (χ0) is 21.6. The molecule has 1 N–H and O–H groups in total. The van der Waals surface area contributed by atoms with Gasteiger partial charge in [0, 0.05) is 6.07 Å². The normalized spacial score (nSPS) is 18.8. The van der Waals surface area contributed by atoms with E-state index in [1.54, 1.807) is 6.07 Å². The van der Waals surface area contributed by atoms with Gasteiger partial charge >= 0.3 is 12.1 Å². The second kappa shape index (κ2) is 7.36. The summed E-state index contributed by atoms with van der Waals surface area (Å²) in [5, 5.41) is 9.42. The number of ether oxygens (including phenoxy) is 1. The van der Waals surface area contributed by atoms with Crippen LogP contribution in [0.3, 0.4) is 0 Å². The lowest BCUT2D eigenvalue weighted by Crippen LogP contribution is -2.38. The van der Waals surface area contributed by atoms with E-state index in [9.17, 15) is 22.8 Å². The molecule has 1 aliphatic carbocycles. The summed E-state index contributed by atoms with van der Waals surface area (Å²) in [5.41, 5.74) is -1.09. The number of aliphatic carboxylic acids is 1. The summed E-state index contributed by atoms with van der Waals surface area (Å²) in [5.74, 6) is -1.72. The van der Waals surface area contributed by atoms with E-state index in [0.717, 1.165) is 24.3 Å². The number of hydrogen-bond donors (Lipinski definition) is 1. The second-order valence-corrected chi connectivity index (χ2v) is 7.45. The SMILES string of the molecule is O=C(O)C1CC(Oc2cc(C(F)(F)F)ccc2-c2cc(=O)c3cccc(Cl)c3o2)C1. The van der Waals surface area contributed by atoms with Gasteiger partial charge in [0.15, 0.2) is 11.0 Å². The number of carbonyl (C=O) groups is 1. The smallest absolute Gasteiger partial charge is 0.416 e. The molecule has 0 aliphatic heterocycles. The van der Waals surface area contributed by atoms with Gasteiger partial charge in [0.25, 0.3) is 0 Å². The highest BCUT2D eigenvalue weighted by atomic mass is 35.5. The summed E-state index contributed by atoms with van der Waals surface area (Å²) in [4.78, 5) is 23.4. The van der Waals surface area contributed by atoms with Crippen LogP contribution in [0.15, 0.2) is 51.7 Å². The number of fused-ring (bicyclic) bond motifs is 1. The lowest BCUT2D eigenvalue weighted by molar-refractivity contribution is -0.147. The Balaban J connectivity index is 1.79. The Kier molecular flexibility index (Phi) is 4.97. The minimum atomic E-state index is -4.60.